The number of hydrogen-bond donors (Lipinski definition) is 1. The monoisotopic (exact) mass is 361 g/mol. The summed E-state index contributed by atoms with van der Waals surface area (Å²) in [5.74, 6) is -1.65. The fourth-order valence-electron chi connectivity index (χ4n) is 3.00. The Morgan fingerprint density at radius 1 is 1.42 bits per heavy atom. The number of aryl methyl sites for hydroxylation is 1. The number of ether oxygens (including phenoxy) is 1. The maximum Gasteiger partial charge on any atom is 0.339 e. The second-order valence-corrected chi connectivity index (χ2v) is 5.73. The van der Waals surface area contributed by atoms with Crippen LogP contribution >= 0.6 is 0 Å². The summed E-state index contributed by atoms with van der Waals surface area (Å²) in [6.07, 6.45) is 1.47. The summed E-state index contributed by atoms with van der Waals surface area (Å²) >= 11 is 0. The Bertz CT molecular complexity index is 875. The molecule has 0 saturated heterocycles. The van der Waals surface area contributed by atoms with Gasteiger partial charge in [-0.2, -0.15) is 0 Å². The lowest BCUT2D eigenvalue weighted by atomic mass is 9.86. The number of benzene rings is 1. The molecule has 3 rings (SSSR count). The third-order valence-corrected chi connectivity index (χ3v) is 4.13. The summed E-state index contributed by atoms with van der Waals surface area (Å²) in [7, 11) is 0. The van der Waals surface area contributed by atoms with Crippen LogP contribution < -0.4 is 5.32 Å². The summed E-state index contributed by atoms with van der Waals surface area (Å²) in [5, 5.41) is 17.9. The molecule has 0 bridgehead atoms. The van der Waals surface area contributed by atoms with Crippen LogP contribution in [0.4, 0.5) is 10.1 Å². The minimum Gasteiger partial charge on any atom is -0.464 e. The Kier molecular flexibility index (Phi) is 4.70. The second kappa shape index (κ2) is 6.95. The Morgan fingerprint density at radius 3 is 2.73 bits per heavy atom. The Hall–Kier alpha value is -3.23. The molecule has 1 aliphatic heterocycles. The highest BCUT2D eigenvalue weighted by molar-refractivity contribution is 5.87. The summed E-state index contributed by atoms with van der Waals surface area (Å²) in [6, 6.07) is 4.73. The van der Waals surface area contributed by atoms with Crippen LogP contribution in [-0.4, -0.2) is 28.7 Å². The molecule has 2 heterocycles. The van der Waals surface area contributed by atoms with Gasteiger partial charge in [-0.05, 0) is 31.5 Å². The highest BCUT2D eigenvalue weighted by atomic mass is 19.1. The van der Waals surface area contributed by atoms with Crippen molar-refractivity contribution in [3.8, 4) is 0 Å². The number of rotatable bonds is 5. The van der Waals surface area contributed by atoms with E-state index in [1.807, 2.05) is 0 Å². The van der Waals surface area contributed by atoms with Crippen molar-refractivity contribution in [2.24, 2.45) is 0 Å². The average Bonchev–Trinajstić information content (AvgIpc) is 3.19. The van der Waals surface area contributed by atoms with Crippen molar-refractivity contribution < 1.29 is 23.4 Å². The molecule has 1 aromatic heterocycles. The molecule has 0 spiro atoms. The first kappa shape index (κ1) is 17.6. The maximum atomic E-state index is 13.3. The van der Waals surface area contributed by atoms with Crippen molar-refractivity contribution in [3.63, 3.8) is 0 Å². The number of nitro groups is 1. The van der Waals surface area contributed by atoms with E-state index >= 15 is 0 Å². The van der Waals surface area contributed by atoms with E-state index in [1.54, 1.807) is 6.92 Å². The quantitative estimate of drug-likeness (QED) is 0.495. The number of aromatic nitrogens is 1. The molecular formula is C17H16FN3O5. The third-order valence-electron chi connectivity index (χ3n) is 4.13. The Labute approximate surface area is 147 Å². The first-order chi connectivity index (χ1) is 12.4. The lowest BCUT2D eigenvalue weighted by Gasteiger charge is -2.20. The smallest absolute Gasteiger partial charge is 0.339 e. The molecule has 2 atom stereocenters. The van der Waals surface area contributed by atoms with Crippen molar-refractivity contribution in [2.45, 2.75) is 25.8 Å². The van der Waals surface area contributed by atoms with E-state index in [0.717, 1.165) is 0 Å². The molecule has 1 N–H and O–H groups in total. The van der Waals surface area contributed by atoms with E-state index < -0.39 is 28.7 Å². The summed E-state index contributed by atoms with van der Waals surface area (Å²) in [6.45, 7) is 3.33. The Balaban J connectivity index is 2.08. The molecule has 8 nitrogen and oxygen atoms in total. The molecule has 1 aromatic carbocycles. The summed E-state index contributed by atoms with van der Waals surface area (Å²) in [5.41, 5.74) is 0.823. The zero-order valence-electron chi connectivity index (χ0n) is 14.1. The molecule has 0 saturated carbocycles. The van der Waals surface area contributed by atoms with Gasteiger partial charge in [0.15, 0.2) is 5.69 Å². The molecule has 9 heteroatoms. The predicted octanol–water partition coefficient (Wildman–Crippen LogP) is 2.69. The molecule has 136 valence electrons. The van der Waals surface area contributed by atoms with Crippen LogP contribution in [0.3, 0.4) is 0 Å². The first-order valence-electron chi connectivity index (χ1n) is 7.93. The van der Waals surface area contributed by atoms with Gasteiger partial charge in [-0.3, -0.25) is 10.1 Å². The highest BCUT2D eigenvalue weighted by Crippen LogP contribution is 2.42. The van der Waals surface area contributed by atoms with Crippen LogP contribution in [-0.2, 0) is 9.53 Å². The molecule has 1 aliphatic rings. The molecule has 2 aromatic rings. The molecule has 0 amide bonds. The van der Waals surface area contributed by atoms with Crippen molar-refractivity contribution in [1.29, 1.82) is 0 Å². The maximum absolute atomic E-state index is 13.3. The molecular weight excluding hydrogens is 345 g/mol. The summed E-state index contributed by atoms with van der Waals surface area (Å²) < 4.78 is 23.6. The van der Waals surface area contributed by atoms with E-state index in [-0.39, 0.29) is 23.7 Å². The summed E-state index contributed by atoms with van der Waals surface area (Å²) in [4.78, 5) is 23.1. The van der Waals surface area contributed by atoms with Crippen molar-refractivity contribution in [3.05, 3.63) is 63.4 Å². The number of nitrogens with zero attached hydrogens (tertiary/aromatic N) is 2. The number of carbonyl (C=O) groups is 1. The topological polar surface area (TPSA) is 108 Å². The van der Waals surface area contributed by atoms with Gasteiger partial charge < -0.3 is 14.6 Å². The van der Waals surface area contributed by atoms with Crippen LogP contribution in [0, 0.1) is 22.9 Å². The van der Waals surface area contributed by atoms with Gasteiger partial charge in [-0.1, -0.05) is 17.3 Å². The number of carbonyl (C=O) groups excluding carboxylic acids is 1. The fraction of sp³-hybridized carbons (Fsp3) is 0.294. The minimum absolute atomic E-state index is 0.0406. The SMILES string of the molecule is CCOC(=O)[C@H]1NC=C(c2onc(C)c2[N+](=O)[O-])[C@@H]1c1ccc(F)cc1. The lowest BCUT2D eigenvalue weighted by molar-refractivity contribution is -0.386. The molecule has 0 unspecified atom stereocenters. The predicted molar refractivity (Wildman–Crippen MR) is 88.6 cm³/mol. The minimum atomic E-state index is -0.819. The zero-order chi connectivity index (χ0) is 18.8. The van der Waals surface area contributed by atoms with Gasteiger partial charge in [0.25, 0.3) is 0 Å². The average molecular weight is 361 g/mol. The third kappa shape index (κ3) is 3.03. The lowest BCUT2D eigenvalue weighted by Crippen LogP contribution is -2.36. The molecule has 0 radical (unpaired) electrons. The molecule has 0 aliphatic carbocycles. The van der Waals surface area contributed by atoms with Crippen molar-refractivity contribution in [1.82, 2.24) is 10.5 Å². The highest BCUT2D eigenvalue weighted by Gasteiger charge is 2.42. The van der Waals surface area contributed by atoms with Gasteiger partial charge >= 0.3 is 11.7 Å². The van der Waals surface area contributed by atoms with Gasteiger partial charge in [0, 0.05) is 17.7 Å². The van der Waals surface area contributed by atoms with E-state index in [2.05, 4.69) is 10.5 Å². The first-order valence-corrected chi connectivity index (χ1v) is 7.93. The van der Waals surface area contributed by atoms with E-state index in [9.17, 15) is 19.3 Å². The van der Waals surface area contributed by atoms with Crippen molar-refractivity contribution in [2.75, 3.05) is 6.61 Å². The van der Waals surface area contributed by atoms with Gasteiger partial charge in [0.1, 0.15) is 11.9 Å². The van der Waals surface area contributed by atoms with Crippen LogP contribution in [0.15, 0.2) is 35.0 Å². The van der Waals surface area contributed by atoms with E-state index in [0.29, 0.717) is 11.1 Å². The fourth-order valence-corrected chi connectivity index (χ4v) is 3.00. The second-order valence-electron chi connectivity index (χ2n) is 5.73. The van der Waals surface area contributed by atoms with Crippen LogP contribution in [0.1, 0.15) is 29.9 Å². The van der Waals surface area contributed by atoms with Gasteiger partial charge in [-0.25, -0.2) is 9.18 Å². The van der Waals surface area contributed by atoms with Crippen molar-refractivity contribution >= 4 is 17.2 Å². The van der Waals surface area contributed by atoms with Gasteiger partial charge in [-0.15, -0.1) is 0 Å². The Morgan fingerprint density at radius 2 is 2.12 bits per heavy atom. The normalized spacial score (nSPS) is 19.0. The van der Waals surface area contributed by atoms with Crippen LogP contribution in [0.5, 0.6) is 0 Å². The van der Waals surface area contributed by atoms with E-state index in [1.165, 1.54) is 37.4 Å². The largest absolute Gasteiger partial charge is 0.464 e. The van der Waals surface area contributed by atoms with Gasteiger partial charge in [0.05, 0.1) is 11.5 Å². The number of halogens is 1. The number of nitrogens with one attached hydrogen (secondary N) is 1. The van der Waals surface area contributed by atoms with Crippen LogP contribution in [0.25, 0.3) is 5.57 Å². The molecule has 26 heavy (non-hydrogen) atoms. The number of hydrogen-bond acceptors (Lipinski definition) is 7. The number of esters is 1. The van der Waals surface area contributed by atoms with Crippen LogP contribution in [0.2, 0.25) is 0 Å². The van der Waals surface area contributed by atoms with Gasteiger partial charge in [0.2, 0.25) is 5.76 Å². The molecule has 0 fully saturated rings. The van der Waals surface area contributed by atoms with E-state index in [4.69, 9.17) is 9.26 Å². The zero-order valence-corrected chi connectivity index (χ0v) is 14.1. The standard InChI is InChI=1S/C17H16FN3O5/c1-3-25-17(22)14-13(10-4-6-11(18)7-5-10)12(8-19-14)16-15(21(23)24)9(2)20-26-16/h4-8,13-14,19H,3H2,1-2H3/t13-,14-/m0/s1.